The zero-order valence-corrected chi connectivity index (χ0v) is 14.1. The number of rotatable bonds is 4. The predicted octanol–water partition coefficient (Wildman–Crippen LogP) is 1.63. The Hall–Kier alpha value is -1.62. The molecule has 2 heterocycles. The van der Waals surface area contributed by atoms with Crippen LogP contribution in [0.25, 0.3) is 0 Å². The fourth-order valence-electron chi connectivity index (χ4n) is 2.94. The van der Waals surface area contributed by atoms with Gasteiger partial charge in [-0.2, -0.15) is 0 Å². The van der Waals surface area contributed by atoms with E-state index in [0.717, 1.165) is 13.1 Å². The van der Waals surface area contributed by atoms with Crippen LogP contribution in [0, 0.1) is 5.92 Å². The van der Waals surface area contributed by atoms with E-state index in [1.807, 2.05) is 0 Å². The molecule has 1 unspecified atom stereocenters. The maximum atomic E-state index is 12.2. The quantitative estimate of drug-likeness (QED) is 0.920. The number of aromatic nitrogens is 1. The highest BCUT2D eigenvalue weighted by molar-refractivity contribution is 5.94. The first-order valence-corrected chi connectivity index (χ1v) is 7.99. The molecule has 1 amide bonds. The minimum atomic E-state index is -0.184. The molecular formula is C17H27N3O2. The van der Waals surface area contributed by atoms with Gasteiger partial charge in [-0.05, 0) is 45.2 Å². The Morgan fingerprint density at radius 1 is 1.45 bits per heavy atom. The molecule has 1 aromatic heterocycles. The number of nitrogens with zero attached hydrogens (tertiary/aromatic N) is 2. The number of hydrogen-bond donors (Lipinski definition) is 1. The highest BCUT2D eigenvalue weighted by atomic mass is 16.2. The summed E-state index contributed by atoms with van der Waals surface area (Å²) >= 11 is 0. The van der Waals surface area contributed by atoms with Gasteiger partial charge < -0.3 is 9.88 Å². The minimum absolute atomic E-state index is 0.0793. The van der Waals surface area contributed by atoms with Crippen LogP contribution in [-0.4, -0.2) is 40.5 Å². The molecule has 0 spiro atoms. The maximum absolute atomic E-state index is 12.2. The molecule has 22 heavy (non-hydrogen) atoms. The lowest BCUT2D eigenvalue weighted by Crippen LogP contribution is -2.54. The molecule has 0 radical (unpaired) electrons. The topological polar surface area (TPSA) is 54.3 Å². The van der Waals surface area contributed by atoms with Crippen LogP contribution in [0.1, 0.15) is 44.0 Å². The normalized spacial score (nSPS) is 19.9. The molecule has 0 saturated carbocycles. The lowest BCUT2D eigenvalue weighted by Gasteiger charge is -2.43. The zero-order chi connectivity index (χ0) is 16.3. The second kappa shape index (κ2) is 6.65. The molecule has 1 saturated heterocycles. The summed E-state index contributed by atoms with van der Waals surface area (Å²) in [5.41, 5.74) is 0.173. The fourth-order valence-corrected chi connectivity index (χ4v) is 2.94. The molecule has 1 aliphatic heterocycles. The Morgan fingerprint density at radius 2 is 2.18 bits per heavy atom. The van der Waals surface area contributed by atoms with E-state index in [1.54, 1.807) is 19.3 Å². The summed E-state index contributed by atoms with van der Waals surface area (Å²) in [7, 11) is 1.67. The molecular weight excluding hydrogens is 278 g/mol. The summed E-state index contributed by atoms with van der Waals surface area (Å²) < 4.78 is 1.45. The summed E-state index contributed by atoms with van der Waals surface area (Å²) in [5.74, 6) is 0.525. The highest BCUT2D eigenvalue weighted by Gasteiger charge is 2.30. The van der Waals surface area contributed by atoms with Gasteiger partial charge in [-0.15, -0.1) is 0 Å². The van der Waals surface area contributed by atoms with Crippen molar-refractivity contribution >= 4 is 5.91 Å². The molecule has 0 aromatic carbocycles. The molecule has 2 rings (SSSR count). The Labute approximate surface area is 132 Å². The number of aryl methyl sites for hydroxylation is 1. The van der Waals surface area contributed by atoms with Crippen molar-refractivity contribution in [1.82, 2.24) is 14.8 Å². The van der Waals surface area contributed by atoms with Crippen molar-refractivity contribution in [3.8, 4) is 0 Å². The molecule has 5 nitrogen and oxygen atoms in total. The van der Waals surface area contributed by atoms with Crippen LogP contribution in [0.2, 0.25) is 0 Å². The maximum Gasteiger partial charge on any atom is 0.251 e. The SMILES string of the molecule is CC1CCCN(C(C)(C)CNC(=O)c2ccn(C)c(=O)c2)C1. The van der Waals surface area contributed by atoms with E-state index in [1.165, 1.54) is 23.5 Å². The number of pyridine rings is 1. The molecule has 1 aromatic rings. The van der Waals surface area contributed by atoms with Gasteiger partial charge in [0, 0.05) is 43.5 Å². The smallest absolute Gasteiger partial charge is 0.251 e. The lowest BCUT2D eigenvalue weighted by atomic mass is 9.93. The van der Waals surface area contributed by atoms with E-state index < -0.39 is 0 Å². The van der Waals surface area contributed by atoms with Crippen molar-refractivity contribution in [1.29, 1.82) is 0 Å². The van der Waals surface area contributed by atoms with Crippen LogP contribution in [0.3, 0.4) is 0 Å². The van der Waals surface area contributed by atoms with E-state index in [-0.39, 0.29) is 17.0 Å². The minimum Gasteiger partial charge on any atom is -0.350 e. The van der Waals surface area contributed by atoms with Gasteiger partial charge in [0.2, 0.25) is 0 Å². The van der Waals surface area contributed by atoms with Crippen molar-refractivity contribution in [3.63, 3.8) is 0 Å². The summed E-state index contributed by atoms with van der Waals surface area (Å²) in [4.78, 5) is 26.3. The second-order valence-corrected chi connectivity index (χ2v) is 7.05. The first kappa shape index (κ1) is 16.7. The summed E-state index contributed by atoms with van der Waals surface area (Å²) in [6, 6.07) is 3.05. The Balaban J connectivity index is 1.97. The lowest BCUT2D eigenvalue weighted by molar-refractivity contribution is 0.0657. The molecule has 1 N–H and O–H groups in total. The summed E-state index contributed by atoms with van der Waals surface area (Å²) in [6.07, 6.45) is 4.12. The van der Waals surface area contributed by atoms with E-state index in [9.17, 15) is 9.59 Å². The van der Waals surface area contributed by atoms with Crippen molar-refractivity contribution in [3.05, 3.63) is 34.2 Å². The van der Waals surface area contributed by atoms with Gasteiger partial charge in [0.15, 0.2) is 0 Å². The Bertz CT molecular complexity index is 592. The van der Waals surface area contributed by atoms with Crippen molar-refractivity contribution < 1.29 is 4.79 Å². The molecule has 1 fully saturated rings. The van der Waals surface area contributed by atoms with Gasteiger partial charge in [0.05, 0.1) is 0 Å². The number of hydrogen-bond acceptors (Lipinski definition) is 3. The van der Waals surface area contributed by atoms with Crippen LogP contribution < -0.4 is 10.9 Å². The van der Waals surface area contributed by atoms with Crippen molar-refractivity contribution in [2.24, 2.45) is 13.0 Å². The van der Waals surface area contributed by atoms with Crippen LogP contribution in [0.5, 0.6) is 0 Å². The van der Waals surface area contributed by atoms with E-state index in [0.29, 0.717) is 18.0 Å². The van der Waals surface area contributed by atoms with E-state index >= 15 is 0 Å². The molecule has 1 aliphatic rings. The number of piperidine rings is 1. The van der Waals surface area contributed by atoms with Gasteiger partial charge in [-0.25, -0.2) is 0 Å². The Morgan fingerprint density at radius 3 is 2.82 bits per heavy atom. The van der Waals surface area contributed by atoms with Gasteiger partial charge in [0.25, 0.3) is 11.5 Å². The molecule has 0 aliphatic carbocycles. The number of carbonyl (C=O) groups excluding carboxylic acids is 1. The van der Waals surface area contributed by atoms with Crippen LogP contribution in [0.4, 0.5) is 0 Å². The predicted molar refractivity (Wildman–Crippen MR) is 88.1 cm³/mol. The number of amides is 1. The van der Waals surface area contributed by atoms with Crippen LogP contribution in [-0.2, 0) is 7.05 Å². The van der Waals surface area contributed by atoms with Gasteiger partial charge in [-0.1, -0.05) is 6.92 Å². The highest BCUT2D eigenvalue weighted by Crippen LogP contribution is 2.23. The second-order valence-electron chi connectivity index (χ2n) is 7.05. The van der Waals surface area contributed by atoms with Gasteiger partial charge in [-0.3, -0.25) is 14.5 Å². The Kier molecular flexibility index (Phi) is 5.06. The first-order valence-electron chi connectivity index (χ1n) is 7.99. The molecule has 5 heteroatoms. The first-order chi connectivity index (χ1) is 10.3. The number of carbonyl (C=O) groups is 1. The zero-order valence-electron chi connectivity index (χ0n) is 14.1. The third kappa shape index (κ3) is 3.97. The summed E-state index contributed by atoms with van der Waals surface area (Å²) in [6.45, 7) is 9.34. The largest absolute Gasteiger partial charge is 0.350 e. The van der Waals surface area contributed by atoms with Crippen molar-refractivity contribution in [2.45, 2.75) is 39.2 Å². The van der Waals surface area contributed by atoms with Crippen LogP contribution >= 0.6 is 0 Å². The van der Waals surface area contributed by atoms with Crippen LogP contribution in [0.15, 0.2) is 23.1 Å². The van der Waals surface area contributed by atoms with Gasteiger partial charge >= 0.3 is 0 Å². The third-order valence-corrected chi connectivity index (χ3v) is 4.56. The molecule has 122 valence electrons. The van der Waals surface area contributed by atoms with E-state index in [2.05, 4.69) is 31.0 Å². The third-order valence-electron chi connectivity index (χ3n) is 4.56. The summed E-state index contributed by atoms with van der Waals surface area (Å²) in [5, 5.41) is 2.97. The monoisotopic (exact) mass is 305 g/mol. The molecule has 1 atom stereocenters. The number of likely N-dealkylation sites (tertiary alicyclic amines) is 1. The fraction of sp³-hybridized carbons (Fsp3) is 0.647. The van der Waals surface area contributed by atoms with Gasteiger partial charge in [0.1, 0.15) is 0 Å². The standard InChI is InChI=1S/C17H27N3O2/c1-13-6-5-8-20(11-13)17(2,3)12-18-16(22)14-7-9-19(4)15(21)10-14/h7,9-10,13H,5-6,8,11-12H2,1-4H3,(H,18,22). The number of nitrogens with one attached hydrogen (secondary N) is 1. The average molecular weight is 305 g/mol. The van der Waals surface area contributed by atoms with Crippen molar-refractivity contribution in [2.75, 3.05) is 19.6 Å². The molecule has 0 bridgehead atoms. The average Bonchev–Trinajstić information content (AvgIpc) is 2.48. The van der Waals surface area contributed by atoms with E-state index in [4.69, 9.17) is 0 Å².